The molecule has 3 aliphatic carbocycles. The molecular formula is C21H25N3O8. The number of carbonyl (C=O) groups excluding carboxylic acids is 3. The minimum Gasteiger partial charge on any atom is -0.479 e. The van der Waals surface area contributed by atoms with Gasteiger partial charge >= 0.3 is 11.9 Å². The molecule has 172 valence electrons. The smallest absolute Gasteiger partial charge is 0.351 e. The number of nitrogens with two attached hydrogens (primary N) is 1. The molecule has 0 aliphatic heterocycles. The summed E-state index contributed by atoms with van der Waals surface area (Å²) >= 11 is 0. The van der Waals surface area contributed by atoms with Gasteiger partial charge in [-0.2, -0.15) is 0 Å². The first-order valence-corrected chi connectivity index (χ1v) is 10.2. The molecule has 0 aromatic rings. The van der Waals surface area contributed by atoms with Gasteiger partial charge in [-0.15, -0.1) is 0 Å². The van der Waals surface area contributed by atoms with Crippen LogP contribution in [0.15, 0.2) is 28.0 Å². The Balaban J connectivity index is 1.87. The summed E-state index contributed by atoms with van der Waals surface area (Å²) in [5, 5.41) is 19.2. The Kier molecular flexibility index (Phi) is 6.63. The topological polar surface area (TPSA) is 178 Å². The van der Waals surface area contributed by atoms with Gasteiger partial charge in [0.25, 0.3) is 0 Å². The summed E-state index contributed by atoms with van der Waals surface area (Å²) in [6, 6.07) is 0. The summed E-state index contributed by atoms with van der Waals surface area (Å²) in [5.41, 5.74) is 4.59. The largest absolute Gasteiger partial charge is 0.479 e. The van der Waals surface area contributed by atoms with Crippen LogP contribution in [0.2, 0.25) is 0 Å². The van der Waals surface area contributed by atoms with Gasteiger partial charge in [0.1, 0.15) is 12.0 Å². The van der Waals surface area contributed by atoms with E-state index >= 15 is 0 Å². The zero-order chi connectivity index (χ0) is 23.6. The maximum atomic E-state index is 13.3. The van der Waals surface area contributed by atoms with Crippen molar-refractivity contribution in [3.63, 3.8) is 0 Å². The van der Waals surface area contributed by atoms with Crippen molar-refractivity contribution in [2.24, 2.45) is 11.7 Å². The number of carboxylic acid groups (broad SMARTS) is 1. The highest BCUT2D eigenvalue weighted by molar-refractivity contribution is 6.11. The highest BCUT2D eigenvalue weighted by Gasteiger charge is 2.67. The number of nitrogens with one attached hydrogen (secondary N) is 2. The van der Waals surface area contributed by atoms with Crippen LogP contribution in [-0.4, -0.2) is 60.0 Å². The minimum atomic E-state index is -1.91. The molecule has 11 nitrogen and oxygen atoms in total. The highest BCUT2D eigenvalue weighted by Crippen LogP contribution is 2.58. The molecular weight excluding hydrogens is 422 g/mol. The lowest BCUT2D eigenvalue weighted by atomic mass is 9.86. The number of aliphatic carboxylic acids is 1. The third-order valence-electron chi connectivity index (χ3n) is 5.94. The fourth-order valence-electron chi connectivity index (χ4n) is 4.35. The molecule has 1 atom stereocenters. The molecule has 32 heavy (non-hydrogen) atoms. The fourth-order valence-corrected chi connectivity index (χ4v) is 4.35. The molecule has 0 aromatic carbocycles. The van der Waals surface area contributed by atoms with E-state index in [1.54, 1.807) is 5.94 Å². The highest BCUT2D eigenvalue weighted by atomic mass is 17.2. The van der Waals surface area contributed by atoms with E-state index in [4.69, 9.17) is 30.8 Å². The van der Waals surface area contributed by atoms with Crippen molar-refractivity contribution < 1.29 is 38.8 Å². The van der Waals surface area contributed by atoms with Crippen molar-refractivity contribution in [2.45, 2.75) is 50.7 Å². The number of esters is 1. The van der Waals surface area contributed by atoms with Gasteiger partial charge in [-0.05, 0) is 38.2 Å². The molecule has 0 radical (unpaired) electrons. The van der Waals surface area contributed by atoms with Gasteiger partial charge in [-0.1, -0.05) is 0 Å². The quantitative estimate of drug-likeness (QED) is 0.0961. The van der Waals surface area contributed by atoms with Crippen LogP contribution >= 0.6 is 0 Å². The number of hydrogen-bond donors (Lipinski definition) is 4. The number of amidine groups is 1. The second kappa shape index (κ2) is 9.07. The first kappa shape index (κ1) is 23.4. The van der Waals surface area contributed by atoms with E-state index in [9.17, 15) is 19.2 Å². The van der Waals surface area contributed by atoms with Crippen molar-refractivity contribution in [2.75, 3.05) is 13.7 Å². The van der Waals surface area contributed by atoms with Crippen LogP contribution in [0.1, 0.15) is 39.0 Å². The number of ketones is 1. The molecule has 1 fully saturated rings. The van der Waals surface area contributed by atoms with Crippen molar-refractivity contribution in [1.29, 1.82) is 5.41 Å². The minimum absolute atomic E-state index is 0.0333. The molecule has 0 aromatic heterocycles. The van der Waals surface area contributed by atoms with E-state index in [-0.39, 0.29) is 40.6 Å². The second-order valence-electron chi connectivity index (χ2n) is 7.92. The van der Waals surface area contributed by atoms with Crippen molar-refractivity contribution in [3.05, 3.63) is 28.0 Å². The molecule has 3 rings (SSSR count). The lowest BCUT2D eigenvalue weighted by molar-refractivity contribution is -0.324. The molecule has 0 heterocycles. The van der Waals surface area contributed by atoms with E-state index in [1.165, 1.54) is 14.0 Å². The summed E-state index contributed by atoms with van der Waals surface area (Å²) in [5.74, 6) is -0.774. The van der Waals surface area contributed by atoms with Crippen LogP contribution in [0.4, 0.5) is 0 Å². The first-order valence-electron chi connectivity index (χ1n) is 10.2. The molecule has 0 amide bonds. The zero-order valence-corrected chi connectivity index (χ0v) is 17.8. The number of likely N-dealkylation sites (N-methyl/N-ethyl adjacent to an activating group) is 1. The Morgan fingerprint density at radius 2 is 1.94 bits per heavy atom. The predicted octanol–water partition coefficient (Wildman–Crippen LogP) is 0.330. The Labute approximate surface area is 183 Å². The van der Waals surface area contributed by atoms with Gasteiger partial charge in [0.15, 0.2) is 12.4 Å². The van der Waals surface area contributed by atoms with E-state index in [0.29, 0.717) is 31.3 Å². The van der Waals surface area contributed by atoms with Crippen molar-refractivity contribution >= 4 is 29.5 Å². The molecule has 0 saturated heterocycles. The molecule has 1 saturated carbocycles. The summed E-state index contributed by atoms with van der Waals surface area (Å²) < 4.78 is 5.66. The molecule has 3 aliphatic rings. The third-order valence-corrected chi connectivity index (χ3v) is 5.94. The summed E-state index contributed by atoms with van der Waals surface area (Å²) in [6.07, 6.45) is 1.66. The number of carboxylic acids is 1. The lowest BCUT2D eigenvalue weighted by Crippen LogP contribution is -2.39. The summed E-state index contributed by atoms with van der Waals surface area (Å²) in [6.45, 7) is 0.439. The van der Waals surface area contributed by atoms with Gasteiger partial charge in [-0.3, -0.25) is 10.2 Å². The van der Waals surface area contributed by atoms with Crippen LogP contribution in [0.25, 0.3) is 0 Å². The standard InChI is InChI=1S/C21H25N3O8/c1-10(26)16-17-14(7-12(8-25)18(16)24-2)21(17,32-30-9-15(27)28)20(29)31-13-5-3-11(4-6-13)19(22)23/h11,13,24H,3-7,9H2,1-2H3,(H3,22,23)(H,27,28). The first-order chi connectivity index (χ1) is 15.2. The maximum Gasteiger partial charge on any atom is 0.351 e. The second-order valence-corrected chi connectivity index (χ2v) is 7.92. The Hall–Kier alpha value is -3.27. The van der Waals surface area contributed by atoms with Crippen LogP contribution in [0, 0.1) is 11.3 Å². The molecule has 5 N–H and O–H groups in total. The van der Waals surface area contributed by atoms with E-state index < -0.39 is 36.0 Å². The maximum absolute atomic E-state index is 13.3. The monoisotopic (exact) mass is 447 g/mol. The Morgan fingerprint density at radius 1 is 1.28 bits per heavy atom. The molecule has 0 spiro atoms. The molecule has 1 unspecified atom stereocenters. The van der Waals surface area contributed by atoms with Crippen LogP contribution in [0.5, 0.6) is 0 Å². The average molecular weight is 447 g/mol. The van der Waals surface area contributed by atoms with E-state index in [0.717, 1.165) is 0 Å². The van der Waals surface area contributed by atoms with Gasteiger partial charge in [0.2, 0.25) is 5.60 Å². The average Bonchev–Trinajstić information content (AvgIpc) is 3.39. The van der Waals surface area contributed by atoms with Crippen molar-refractivity contribution in [1.82, 2.24) is 5.32 Å². The summed E-state index contributed by atoms with van der Waals surface area (Å²) in [4.78, 5) is 58.1. The number of hydrogen-bond acceptors (Lipinski definition) is 9. The number of Topliss-reactive ketones (excluding diaryl/α,β-unsaturated/α-hetero) is 1. The van der Waals surface area contributed by atoms with Crippen LogP contribution in [0.3, 0.4) is 0 Å². The number of carbonyl (C=O) groups is 3. The SMILES string of the molecule is CNC1=C(C(C)=O)C2=C(CC1=C=O)C2(OOCC(=O)O)C(=O)OC1CCC(C(=N)N)CC1. The Bertz CT molecular complexity index is 983. The zero-order valence-electron chi connectivity index (χ0n) is 17.8. The molecule has 0 bridgehead atoms. The van der Waals surface area contributed by atoms with E-state index in [2.05, 4.69) is 5.32 Å². The summed E-state index contributed by atoms with van der Waals surface area (Å²) in [7, 11) is 1.53. The Morgan fingerprint density at radius 3 is 2.44 bits per heavy atom. The van der Waals surface area contributed by atoms with Gasteiger partial charge in [0, 0.05) is 30.5 Å². The fraction of sp³-hybridized carbons (Fsp3) is 0.524. The number of ether oxygens (including phenoxy) is 1. The van der Waals surface area contributed by atoms with Gasteiger partial charge in [0.05, 0.1) is 17.1 Å². The van der Waals surface area contributed by atoms with Gasteiger partial charge < -0.3 is 20.9 Å². The number of rotatable bonds is 9. The third kappa shape index (κ3) is 4.10. The normalized spacial score (nSPS) is 26.8. The van der Waals surface area contributed by atoms with E-state index in [1.807, 2.05) is 0 Å². The van der Waals surface area contributed by atoms with Crippen molar-refractivity contribution in [3.8, 4) is 0 Å². The van der Waals surface area contributed by atoms with Gasteiger partial charge in [-0.25, -0.2) is 24.2 Å². The predicted molar refractivity (Wildman–Crippen MR) is 109 cm³/mol. The number of allylic oxidation sites excluding steroid dienone is 1. The lowest BCUT2D eigenvalue weighted by Gasteiger charge is -2.29. The van der Waals surface area contributed by atoms with Crippen LogP contribution < -0.4 is 11.1 Å². The molecule has 11 heteroatoms. The van der Waals surface area contributed by atoms with Crippen LogP contribution in [-0.2, 0) is 33.7 Å².